The molecule has 4 nitrogen and oxygen atoms in total. The van der Waals surface area contributed by atoms with Crippen LogP contribution in [0.3, 0.4) is 0 Å². The predicted molar refractivity (Wildman–Crippen MR) is 101 cm³/mol. The Morgan fingerprint density at radius 2 is 1.67 bits per heavy atom. The SMILES string of the molecule is CC(C)c1ccc(C(C)N2CCC(N(C)CC(=O)O)CC2)cc1.Cl. The lowest BCUT2D eigenvalue weighted by Gasteiger charge is -2.39. The lowest BCUT2D eigenvalue weighted by atomic mass is 9.97. The molecule has 1 aliphatic rings. The van der Waals surface area contributed by atoms with Gasteiger partial charge in [-0.1, -0.05) is 38.1 Å². The predicted octanol–water partition coefficient (Wildman–Crippen LogP) is 3.77. The molecule has 0 bridgehead atoms. The minimum absolute atomic E-state index is 0. The Hall–Kier alpha value is -1.10. The molecule has 24 heavy (non-hydrogen) atoms. The molecule has 0 radical (unpaired) electrons. The molecule has 136 valence electrons. The average Bonchev–Trinajstić information content (AvgIpc) is 2.53. The zero-order chi connectivity index (χ0) is 17.0. The van der Waals surface area contributed by atoms with E-state index in [1.807, 2.05) is 11.9 Å². The summed E-state index contributed by atoms with van der Waals surface area (Å²) in [5, 5.41) is 8.91. The highest BCUT2D eigenvalue weighted by atomic mass is 35.5. The van der Waals surface area contributed by atoms with Crippen LogP contribution in [-0.4, -0.2) is 53.6 Å². The van der Waals surface area contributed by atoms with E-state index in [0.29, 0.717) is 18.0 Å². The number of likely N-dealkylation sites (tertiary alicyclic amines) is 1. The number of carboxylic acid groups (broad SMARTS) is 1. The summed E-state index contributed by atoms with van der Waals surface area (Å²) < 4.78 is 0. The highest BCUT2D eigenvalue weighted by molar-refractivity contribution is 5.85. The standard InChI is InChI=1S/C19H30N2O2.ClH/c1-14(2)16-5-7-17(8-6-16)15(3)21-11-9-18(10-12-21)20(4)13-19(22)23;/h5-8,14-15,18H,9-13H2,1-4H3,(H,22,23);1H. The van der Waals surface area contributed by atoms with Crippen molar-refractivity contribution in [1.82, 2.24) is 9.80 Å². The van der Waals surface area contributed by atoms with Gasteiger partial charge in [-0.3, -0.25) is 14.6 Å². The van der Waals surface area contributed by atoms with Crippen molar-refractivity contribution in [2.45, 2.75) is 51.6 Å². The van der Waals surface area contributed by atoms with Crippen molar-refractivity contribution < 1.29 is 9.90 Å². The second-order valence-electron chi connectivity index (χ2n) is 7.07. The zero-order valence-corrected chi connectivity index (χ0v) is 16.1. The highest BCUT2D eigenvalue weighted by Crippen LogP contribution is 2.26. The third-order valence-corrected chi connectivity index (χ3v) is 5.14. The number of likely N-dealkylation sites (N-methyl/N-ethyl adjacent to an activating group) is 1. The summed E-state index contributed by atoms with van der Waals surface area (Å²) in [5.41, 5.74) is 2.75. The van der Waals surface area contributed by atoms with Gasteiger partial charge in [-0.25, -0.2) is 0 Å². The van der Waals surface area contributed by atoms with Crippen LogP contribution in [0.25, 0.3) is 0 Å². The van der Waals surface area contributed by atoms with Gasteiger partial charge in [-0.05, 0) is 43.9 Å². The third kappa shape index (κ3) is 5.47. The normalized spacial score (nSPS) is 17.8. The maximum Gasteiger partial charge on any atom is 0.317 e. The highest BCUT2D eigenvalue weighted by Gasteiger charge is 2.26. The molecule has 1 unspecified atom stereocenters. The summed E-state index contributed by atoms with van der Waals surface area (Å²) in [4.78, 5) is 15.3. The van der Waals surface area contributed by atoms with Crippen LogP contribution in [-0.2, 0) is 4.79 Å². The van der Waals surface area contributed by atoms with Crippen LogP contribution < -0.4 is 0 Å². The van der Waals surface area contributed by atoms with Crippen molar-refractivity contribution in [3.05, 3.63) is 35.4 Å². The van der Waals surface area contributed by atoms with Crippen LogP contribution >= 0.6 is 12.4 Å². The van der Waals surface area contributed by atoms with E-state index in [-0.39, 0.29) is 19.0 Å². The molecule has 1 N–H and O–H groups in total. The Morgan fingerprint density at radius 3 is 2.12 bits per heavy atom. The van der Waals surface area contributed by atoms with E-state index < -0.39 is 5.97 Å². The number of halogens is 1. The van der Waals surface area contributed by atoms with Crippen molar-refractivity contribution >= 4 is 18.4 Å². The summed E-state index contributed by atoms with van der Waals surface area (Å²) in [7, 11) is 1.92. The molecule has 5 heteroatoms. The second-order valence-corrected chi connectivity index (χ2v) is 7.07. The molecule has 0 aromatic heterocycles. The van der Waals surface area contributed by atoms with Gasteiger partial charge in [-0.15, -0.1) is 12.4 Å². The molecule has 1 heterocycles. The lowest BCUT2D eigenvalue weighted by Crippen LogP contribution is -2.45. The van der Waals surface area contributed by atoms with Crippen LogP contribution in [0.1, 0.15) is 56.7 Å². The number of piperidine rings is 1. The summed E-state index contributed by atoms with van der Waals surface area (Å²) in [5.74, 6) is -0.173. The largest absolute Gasteiger partial charge is 0.480 e. The third-order valence-electron chi connectivity index (χ3n) is 5.14. The van der Waals surface area contributed by atoms with Crippen molar-refractivity contribution in [2.24, 2.45) is 0 Å². The molecule has 0 saturated carbocycles. The lowest BCUT2D eigenvalue weighted by molar-refractivity contribution is -0.138. The van der Waals surface area contributed by atoms with E-state index in [0.717, 1.165) is 25.9 Å². The van der Waals surface area contributed by atoms with Crippen LogP contribution in [0, 0.1) is 0 Å². The van der Waals surface area contributed by atoms with Gasteiger partial charge in [0.25, 0.3) is 0 Å². The first-order valence-corrected chi connectivity index (χ1v) is 8.64. The van der Waals surface area contributed by atoms with Crippen LogP contribution in [0.4, 0.5) is 0 Å². The van der Waals surface area contributed by atoms with Gasteiger partial charge in [0, 0.05) is 25.2 Å². The maximum absolute atomic E-state index is 10.8. The fourth-order valence-corrected chi connectivity index (χ4v) is 3.43. The second kappa shape index (κ2) is 9.40. The molecular weight excluding hydrogens is 324 g/mol. The van der Waals surface area contributed by atoms with E-state index in [4.69, 9.17) is 5.11 Å². The van der Waals surface area contributed by atoms with Gasteiger partial charge < -0.3 is 5.11 Å². The topological polar surface area (TPSA) is 43.8 Å². The average molecular weight is 355 g/mol. The van der Waals surface area contributed by atoms with Crippen molar-refractivity contribution in [3.8, 4) is 0 Å². The van der Waals surface area contributed by atoms with Gasteiger partial charge in [-0.2, -0.15) is 0 Å². The molecule has 0 spiro atoms. The number of carboxylic acids is 1. The Balaban J connectivity index is 0.00000288. The molecule has 1 saturated heterocycles. The minimum atomic E-state index is -0.742. The first-order chi connectivity index (χ1) is 10.9. The van der Waals surface area contributed by atoms with Gasteiger partial charge in [0.1, 0.15) is 0 Å². The van der Waals surface area contributed by atoms with E-state index in [2.05, 4.69) is 49.9 Å². The molecule has 0 aliphatic carbocycles. The first-order valence-electron chi connectivity index (χ1n) is 8.64. The number of hydrogen-bond acceptors (Lipinski definition) is 3. The number of rotatable bonds is 6. The number of carbonyl (C=O) groups is 1. The van der Waals surface area contributed by atoms with Gasteiger partial charge in [0.05, 0.1) is 6.54 Å². The zero-order valence-electron chi connectivity index (χ0n) is 15.2. The fraction of sp³-hybridized carbons (Fsp3) is 0.632. The summed E-state index contributed by atoms with van der Waals surface area (Å²) in [6.07, 6.45) is 2.08. The van der Waals surface area contributed by atoms with Crippen molar-refractivity contribution in [3.63, 3.8) is 0 Å². The molecule has 1 atom stereocenters. The van der Waals surface area contributed by atoms with E-state index in [1.165, 1.54) is 11.1 Å². The fourth-order valence-electron chi connectivity index (χ4n) is 3.43. The number of nitrogens with zero attached hydrogens (tertiary/aromatic N) is 2. The van der Waals surface area contributed by atoms with Crippen LogP contribution in [0.15, 0.2) is 24.3 Å². The molecule has 1 aromatic carbocycles. The Labute approximate surface area is 152 Å². The first kappa shape index (κ1) is 20.9. The molecule has 0 amide bonds. The van der Waals surface area contributed by atoms with Gasteiger partial charge in [0.15, 0.2) is 0 Å². The summed E-state index contributed by atoms with van der Waals surface area (Å²) in [6.45, 7) is 8.90. The molecular formula is C19H31ClN2O2. The van der Waals surface area contributed by atoms with E-state index in [1.54, 1.807) is 0 Å². The maximum atomic E-state index is 10.8. The molecule has 2 rings (SSSR count). The smallest absolute Gasteiger partial charge is 0.317 e. The molecule has 1 aromatic rings. The Bertz CT molecular complexity index is 511. The van der Waals surface area contributed by atoms with Gasteiger partial charge >= 0.3 is 5.97 Å². The number of benzene rings is 1. The van der Waals surface area contributed by atoms with Crippen LogP contribution in [0.2, 0.25) is 0 Å². The minimum Gasteiger partial charge on any atom is -0.480 e. The van der Waals surface area contributed by atoms with Crippen molar-refractivity contribution in [2.75, 3.05) is 26.7 Å². The quantitative estimate of drug-likeness (QED) is 0.844. The van der Waals surface area contributed by atoms with Crippen molar-refractivity contribution in [1.29, 1.82) is 0 Å². The summed E-state index contributed by atoms with van der Waals surface area (Å²) in [6, 6.07) is 9.79. The van der Waals surface area contributed by atoms with E-state index in [9.17, 15) is 4.79 Å². The van der Waals surface area contributed by atoms with Crippen LogP contribution in [0.5, 0.6) is 0 Å². The molecule has 1 fully saturated rings. The Morgan fingerprint density at radius 1 is 1.17 bits per heavy atom. The van der Waals surface area contributed by atoms with E-state index >= 15 is 0 Å². The Kier molecular flexibility index (Phi) is 8.20. The number of aliphatic carboxylic acids is 1. The van der Waals surface area contributed by atoms with Gasteiger partial charge in [0.2, 0.25) is 0 Å². The molecule has 1 aliphatic heterocycles. The summed E-state index contributed by atoms with van der Waals surface area (Å²) >= 11 is 0. The number of hydrogen-bond donors (Lipinski definition) is 1. The monoisotopic (exact) mass is 354 g/mol.